The van der Waals surface area contributed by atoms with Gasteiger partial charge in [-0.25, -0.2) is 8.78 Å². The van der Waals surface area contributed by atoms with Crippen molar-refractivity contribution in [3.05, 3.63) is 47.5 Å². The molecule has 2 fully saturated rings. The summed E-state index contributed by atoms with van der Waals surface area (Å²) >= 11 is 0. The number of piperidine rings is 1. The van der Waals surface area contributed by atoms with Crippen LogP contribution in [0.5, 0.6) is 17.2 Å². The molecule has 2 aromatic carbocycles. The summed E-state index contributed by atoms with van der Waals surface area (Å²) in [5.41, 5.74) is 6.51. The number of fused-ring (bicyclic) bond motifs is 4. The molecule has 31 heavy (non-hydrogen) atoms. The van der Waals surface area contributed by atoms with E-state index in [1.54, 1.807) is 30.3 Å². The number of halogens is 3. The van der Waals surface area contributed by atoms with Crippen LogP contribution in [0, 0.1) is 0 Å². The van der Waals surface area contributed by atoms with E-state index in [1.165, 1.54) is 7.11 Å². The second-order valence-electron chi connectivity index (χ2n) is 8.24. The summed E-state index contributed by atoms with van der Waals surface area (Å²) in [6, 6.07) is 10.6. The van der Waals surface area contributed by atoms with Gasteiger partial charge in [0.05, 0.1) is 20.3 Å². The summed E-state index contributed by atoms with van der Waals surface area (Å²) in [5, 5.41) is 0.615. The lowest BCUT2D eigenvalue weighted by Crippen LogP contribution is -2.60. The van der Waals surface area contributed by atoms with E-state index in [0.29, 0.717) is 33.5 Å². The van der Waals surface area contributed by atoms with E-state index in [4.69, 9.17) is 19.9 Å². The SMILES string of the molecule is COc1ccc2c(c1)C1(COC[C@@H](N)N1F)c1cc(N3CCC(F)(F)CC3)ccc1O2. The molecule has 0 amide bonds. The van der Waals surface area contributed by atoms with Crippen LogP contribution >= 0.6 is 0 Å². The molecule has 1 spiro atoms. The molecule has 9 heteroatoms. The summed E-state index contributed by atoms with van der Waals surface area (Å²) in [6.07, 6.45) is -1.40. The van der Waals surface area contributed by atoms with Crippen molar-refractivity contribution in [3.63, 3.8) is 0 Å². The molecule has 2 aromatic rings. The van der Waals surface area contributed by atoms with Gasteiger partial charge in [-0.05, 0) is 36.4 Å². The number of alkyl halides is 2. The highest BCUT2D eigenvalue weighted by atomic mass is 19.3. The maximum absolute atomic E-state index is 15.8. The Morgan fingerprint density at radius 3 is 2.45 bits per heavy atom. The van der Waals surface area contributed by atoms with E-state index in [-0.39, 0.29) is 39.1 Å². The standard InChI is InChI=1S/C22H24F3N3O3/c1-29-15-3-5-19-17(11-15)22(13-30-12-20(26)28(22)25)16-10-14(2-4-18(16)31-19)27-8-6-21(23,24)7-9-27/h2-5,10-11,20H,6-9,12-13,26H2,1H3/t20-,22?/m0/s1. The van der Waals surface area contributed by atoms with Crippen LogP contribution < -0.4 is 20.1 Å². The largest absolute Gasteiger partial charge is 0.497 e. The van der Waals surface area contributed by atoms with Crippen LogP contribution in [0.4, 0.5) is 18.9 Å². The van der Waals surface area contributed by atoms with Gasteiger partial charge in [-0.2, -0.15) is 0 Å². The average molecular weight is 435 g/mol. The Hall–Kier alpha value is -2.49. The van der Waals surface area contributed by atoms with Crippen molar-refractivity contribution in [3.8, 4) is 17.2 Å². The monoisotopic (exact) mass is 435 g/mol. The number of ether oxygens (including phenoxy) is 3. The number of anilines is 1. The smallest absolute Gasteiger partial charge is 0.251 e. The fraction of sp³-hybridized carbons (Fsp3) is 0.455. The van der Waals surface area contributed by atoms with Crippen molar-refractivity contribution < 1.29 is 27.5 Å². The van der Waals surface area contributed by atoms with Crippen LogP contribution in [0.3, 0.4) is 0 Å². The molecule has 6 nitrogen and oxygen atoms in total. The molecule has 0 saturated carbocycles. The fourth-order valence-electron chi connectivity index (χ4n) is 4.65. The molecule has 0 aromatic heterocycles. The van der Waals surface area contributed by atoms with Crippen molar-refractivity contribution >= 4 is 5.69 Å². The average Bonchev–Trinajstić information content (AvgIpc) is 2.77. The van der Waals surface area contributed by atoms with Gasteiger partial charge in [0.25, 0.3) is 5.92 Å². The molecule has 3 aliphatic heterocycles. The second-order valence-corrected chi connectivity index (χ2v) is 8.24. The van der Waals surface area contributed by atoms with Crippen LogP contribution in [-0.4, -0.2) is 50.6 Å². The Kier molecular flexibility index (Phi) is 4.80. The number of morpholine rings is 1. The Labute approximate surface area is 178 Å². The number of benzene rings is 2. The van der Waals surface area contributed by atoms with E-state index in [2.05, 4.69) is 0 Å². The van der Waals surface area contributed by atoms with E-state index in [9.17, 15) is 8.78 Å². The predicted molar refractivity (Wildman–Crippen MR) is 108 cm³/mol. The van der Waals surface area contributed by atoms with E-state index < -0.39 is 17.6 Å². The van der Waals surface area contributed by atoms with Crippen LogP contribution in [0.25, 0.3) is 0 Å². The topological polar surface area (TPSA) is 60.2 Å². The third kappa shape index (κ3) is 3.22. The van der Waals surface area contributed by atoms with Gasteiger partial charge in [0, 0.05) is 42.7 Å². The van der Waals surface area contributed by atoms with Crippen molar-refractivity contribution in [2.24, 2.45) is 5.73 Å². The fourth-order valence-corrected chi connectivity index (χ4v) is 4.65. The minimum Gasteiger partial charge on any atom is -0.497 e. The maximum atomic E-state index is 15.8. The van der Waals surface area contributed by atoms with Gasteiger partial charge in [-0.1, -0.05) is 0 Å². The molecule has 2 atom stereocenters. The van der Waals surface area contributed by atoms with Gasteiger partial charge in [0.15, 0.2) is 0 Å². The van der Waals surface area contributed by atoms with Gasteiger partial charge < -0.3 is 24.8 Å². The molecule has 2 N–H and O–H groups in total. The molecule has 0 radical (unpaired) electrons. The Morgan fingerprint density at radius 1 is 1.06 bits per heavy atom. The van der Waals surface area contributed by atoms with Gasteiger partial charge in [-0.3, -0.25) is 0 Å². The van der Waals surface area contributed by atoms with Crippen LogP contribution in [0.2, 0.25) is 0 Å². The van der Waals surface area contributed by atoms with Crippen molar-refractivity contribution in [1.82, 2.24) is 5.12 Å². The molecule has 2 saturated heterocycles. The second kappa shape index (κ2) is 7.29. The van der Waals surface area contributed by atoms with Crippen molar-refractivity contribution in [2.75, 3.05) is 38.3 Å². The lowest BCUT2D eigenvalue weighted by molar-refractivity contribution is -0.190. The molecule has 166 valence electrons. The maximum Gasteiger partial charge on any atom is 0.251 e. The summed E-state index contributed by atoms with van der Waals surface area (Å²) in [6.45, 7) is 0.517. The van der Waals surface area contributed by atoms with E-state index >= 15 is 4.48 Å². The molecule has 5 rings (SSSR count). The van der Waals surface area contributed by atoms with Crippen LogP contribution in [-0.2, 0) is 10.3 Å². The zero-order valence-electron chi connectivity index (χ0n) is 17.1. The summed E-state index contributed by atoms with van der Waals surface area (Å²) in [5.74, 6) is -1.14. The Morgan fingerprint density at radius 2 is 1.74 bits per heavy atom. The molecule has 3 aliphatic rings. The highest BCUT2D eigenvalue weighted by Gasteiger charge is 2.53. The Bertz CT molecular complexity index is 995. The first-order chi connectivity index (χ1) is 14.8. The van der Waals surface area contributed by atoms with Gasteiger partial charge >= 0.3 is 0 Å². The van der Waals surface area contributed by atoms with Gasteiger partial charge in [-0.15, -0.1) is 9.60 Å². The third-order valence-electron chi connectivity index (χ3n) is 6.38. The van der Waals surface area contributed by atoms with Gasteiger partial charge in [0.2, 0.25) is 0 Å². The number of methoxy groups -OCH3 is 1. The number of hydrogen-bond donors (Lipinski definition) is 1. The third-order valence-corrected chi connectivity index (χ3v) is 6.38. The molecule has 3 heterocycles. The van der Waals surface area contributed by atoms with Gasteiger partial charge in [0.1, 0.15) is 29.0 Å². The zero-order chi connectivity index (χ0) is 21.8. The summed E-state index contributed by atoms with van der Waals surface area (Å²) in [4.78, 5) is 1.89. The number of nitrogens with zero attached hydrogens (tertiary/aromatic N) is 2. The van der Waals surface area contributed by atoms with Crippen LogP contribution in [0.15, 0.2) is 36.4 Å². The van der Waals surface area contributed by atoms with E-state index in [0.717, 1.165) is 5.69 Å². The molecule has 0 aliphatic carbocycles. The first-order valence-electron chi connectivity index (χ1n) is 10.3. The first kappa shape index (κ1) is 20.4. The van der Waals surface area contributed by atoms with Crippen molar-refractivity contribution in [1.29, 1.82) is 0 Å². The first-order valence-corrected chi connectivity index (χ1v) is 10.3. The quantitative estimate of drug-likeness (QED) is 0.725. The zero-order valence-corrected chi connectivity index (χ0v) is 17.1. The van der Waals surface area contributed by atoms with Crippen molar-refractivity contribution in [2.45, 2.75) is 30.5 Å². The lowest BCUT2D eigenvalue weighted by Gasteiger charge is -2.48. The highest BCUT2D eigenvalue weighted by Crippen LogP contribution is 2.53. The van der Waals surface area contributed by atoms with E-state index in [1.807, 2.05) is 11.0 Å². The van der Waals surface area contributed by atoms with Crippen LogP contribution in [0.1, 0.15) is 24.0 Å². The minimum absolute atomic E-state index is 0.0231. The predicted octanol–water partition coefficient (Wildman–Crippen LogP) is 3.78. The number of hydrogen-bond acceptors (Lipinski definition) is 6. The highest BCUT2D eigenvalue weighted by molar-refractivity contribution is 5.64. The minimum atomic E-state index is -2.65. The molecular formula is C22H24F3N3O3. The lowest BCUT2D eigenvalue weighted by atomic mass is 9.79. The molecule has 0 bridgehead atoms. The normalized spacial score (nSPS) is 27.4. The number of rotatable bonds is 2. The summed E-state index contributed by atoms with van der Waals surface area (Å²) in [7, 11) is 1.53. The molecular weight excluding hydrogens is 411 g/mol. The Balaban J connectivity index is 1.63. The summed E-state index contributed by atoms with van der Waals surface area (Å²) < 4.78 is 60.2. The number of nitrogens with two attached hydrogens (primary N) is 1. The molecule has 1 unspecified atom stereocenters.